The van der Waals surface area contributed by atoms with E-state index in [4.69, 9.17) is 0 Å². The molecule has 14 heavy (non-hydrogen) atoms. The van der Waals surface area contributed by atoms with Gasteiger partial charge in [-0.05, 0) is 0 Å². The van der Waals surface area contributed by atoms with Gasteiger partial charge in [0.25, 0.3) is 0 Å². The number of hydrogen-bond acceptors (Lipinski definition) is 0. The average Bonchev–Trinajstić information content (AvgIpc) is 0. The molecule has 14 heteroatoms. The molecule has 0 heterocycles. The van der Waals surface area contributed by atoms with Crippen molar-refractivity contribution in [3.8, 4) is 0 Å². The van der Waals surface area contributed by atoms with Crippen molar-refractivity contribution in [1.82, 2.24) is 0 Å². The van der Waals surface area contributed by atoms with Gasteiger partial charge in [0.1, 0.15) is 0 Å². The van der Waals surface area contributed by atoms with E-state index in [2.05, 4.69) is 0 Å². The quantitative estimate of drug-likeness (QED) is 0.318. The van der Waals surface area contributed by atoms with Crippen molar-refractivity contribution < 1.29 is 67.1 Å². The fourth-order valence-electron chi connectivity index (χ4n) is 0. The van der Waals surface area contributed by atoms with Crippen LogP contribution in [-0.2, 0) is 67.1 Å². The first-order valence-corrected chi connectivity index (χ1v) is 0. The van der Waals surface area contributed by atoms with Gasteiger partial charge >= 0.3 is 119 Å². The van der Waals surface area contributed by atoms with E-state index in [1.807, 2.05) is 0 Å². The number of nitrogens with zero attached hydrogens (tertiary/aromatic N) is 8. The molecule has 0 saturated heterocycles. The Bertz CT molecular complexity index is 19.8. The van der Waals surface area contributed by atoms with Gasteiger partial charge in [0.05, 0.1) is 0 Å². The van der Waals surface area contributed by atoms with Crippen LogP contribution >= 0.6 is 0 Å². The zero-order valence-corrected chi connectivity index (χ0v) is 19.8. The Morgan fingerprint density at radius 2 is 0.214 bits per heavy atom. The molecule has 8 nitrogen and oxygen atoms in total. The van der Waals surface area contributed by atoms with Gasteiger partial charge in [-0.2, -0.15) is 0 Å². The average molecular weight is 736 g/mol. The van der Waals surface area contributed by atoms with Crippen LogP contribution in [0.25, 0.3) is 49.2 Å². The normalized spacial score (nSPS) is 0. The monoisotopic (exact) mass is 736 g/mol. The van der Waals surface area contributed by atoms with Crippen molar-refractivity contribution in [2.24, 2.45) is 0 Å². The summed E-state index contributed by atoms with van der Waals surface area (Å²) in [7, 11) is 0. The zero-order chi connectivity index (χ0) is 0. The minimum Gasteiger partial charge on any atom is -3.00 e. The number of rotatable bonds is 0. The van der Waals surface area contributed by atoms with Gasteiger partial charge in [-0.15, -0.1) is 0 Å². The van der Waals surface area contributed by atoms with Crippen LogP contribution in [0.3, 0.4) is 0 Å². The fourth-order valence-corrected chi connectivity index (χ4v) is 0. The molecule has 0 rings (SSSR count). The Balaban J connectivity index is 0. The van der Waals surface area contributed by atoms with Gasteiger partial charge < -0.3 is 49.2 Å². The SMILES string of the molecule is [Al+3].[Al+3].[Al+3].[N-3].[N-3].[N-3].[N-3].[N-3].[N-3].[N-3].[N-3].[Ta+5].[Ta+5].[Ta+5]. The second-order valence-corrected chi connectivity index (χ2v) is 0. The van der Waals surface area contributed by atoms with Crippen LogP contribution in [-0.4, -0.2) is 52.1 Å². The smallest absolute Gasteiger partial charge is 3.00 e. The van der Waals surface area contributed by atoms with Crippen molar-refractivity contribution in [2.75, 3.05) is 0 Å². The van der Waals surface area contributed by atoms with Crippen LogP contribution < -0.4 is 0 Å². The van der Waals surface area contributed by atoms with E-state index >= 15 is 0 Å². The molecule has 0 spiro atoms. The molecule has 0 aliphatic rings. The van der Waals surface area contributed by atoms with Crippen LogP contribution in [0.1, 0.15) is 0 Å². The fraction of sp³-hybridized carbons (Fsp3) is 0. The van der Waals surface area contributed by atoms with Crippen molar-refractivity contribution >= 4 is 52.1 Å². The van der Waals surface area contributed by atoms with Crippen molar-refractivity contribution in [3.05, 3.63) is 49.2 Å². The third-order valence-electron chi connectivity index (χ3n) is 0. The summed E-state index contributed by atoms with van der Waals surface area (Å²) in [5.74, 6) is 0. The van der Waals surface area contributed by atoms with E-state index in [9.17, 15) is 0 Å². The molecule has 0 N–H and O–H groups in total. The summed E-state index contributed by atoms with van der Waals surface area (Å²) in [4.78, 5) is 0. The molecule has 0 aromatic rings. The van der Waals surface area contributed by atoms with Crippen LogP contribution in [0.5, 0.6) is 0 Å². The summed E-state index contributed by atoms with van der Waals surface area (Å²) in [5.41, 5.74) is 0. The molecule has 0 unspecified atom stereocenters. The van der Waals surface area contributed by atoms with Gasteiger partial charge in [-0.25, -0.2) is 0 Å². The summed E-state index contributed by atoms with van der Waals surface area (Å²) in [5, 5.41) is 0. The summed E-state index contributed by atoms with van der Waals surface area (Å²) < 4.78 is 0. The summed E-state index contributed by atoms with van der Waals surface area (Å²) in [6.07, 6.45) is 0. The predicted octanol–water partition coefficient (Wildman–Crippen LogP) is 1.16. The van der Waals surface area contributed by atoms with E-state index in [-0.39, 0.29) is 168 Å². The molecule has 0 saturated carbocycles. The van der Waals surface area contributed by atoms with Crippen molar-refractivity contribution in [3.63, 3.8) is 0 Å². The second-order valence-electron chi connectivity index (χ2n) is 0. The maximum absolute atomic E-state index is 0. The maximum Gasteiger partial charge on any atom is 5.00 e. The predicted molar refractivity (Wildman–Crippen MR) is 44.1 cm³/mol. The molecule has 0 bridgehead atoms. The van der Waals surface area contributed by atoms with Crippen LogP contribution in [0, 0.1) is 0 Å². The van der Waals surface area contributed by atoms with Gasteiger partial charge in [0, 0.05) is 0 Å². The van der Waals surface area contributed by atoms with E-state index in [1.54, 1.807) is 0 Å². The Morgan fingerprint density at radius 1 is 0.214 bits per heavy atom. The molecule has 0 fully saturated rings. The second kappa shape index (κ2) is 324. The van der Waals surface area contributed by atoms with Gasteiger partial charge in [-0.1, -0.05) is 0 Å². The van der Waals surface area contributed by atoms with Crippen LogP contribution in [0.4, 0.5) is 0 Å². The molecular formula is Al3N8Ta3. The minimum absolute atomic E-state index is 0. The van der Waals surface area contributed by atoms with Gasteiger partial charge in [-0.3, -0.25) is 0 Å². The van der Waals surface area contributed by atoms with Crippen LogP contribution in [0.15, 0.2) is 0 Å². The van der Waals surface area contributed by atoms with Gasteiger partial charge in [0.2, 0.25) is 0 Å². The van der Waals surface area contributed by atoms with E-state index < -0.39 is 0 Å². The molecule has 0 atom stereocenters. The molecule has 0 radical (unpaired) electrons. The molecular weight excluding hydrogens is 736 g/mol. The Kier molecular flexibility index (Phi) is 9000. The van der Waals surface area contributed by atoms with E-state index in [0.717, 1.165) is 0 Å². The topological polar surface area (TPSA) is 244 Å². The first-order chi connectivity index (χ1) is 0. The van der Waals surface area contributed by atoms with Crippen molar-refractivity contribution in [1.29, 1.82) is 0 Å². The van der Waals surface area contributed by atoms with Crippen molar-refractivity contribution in [2.45, 2.75) is 0 Å². The molecule has 0 aromatic carbocycles. The van der Waals surface area contributed by atoms with Gasteiger partial charge in [0.15, 0.2) is 0 Å². The summed E-state index contributed by atoms with van der Waals surface area (Å²) >= 11 is 0. The molecule has 0 aromatic heterocycles. The molecule has 0 amide bonds. The third-order valence-corrected chi connectivity index (χ3v) is 0. The summed E-state index contributed by atoms with van der Waals surface area (Å²) in [6.45, 7) is 0. The molecule has 64 valence electrons. The van der Waals surface area contributed by atoms with Crippen LogP contribution in [0.2, 0.25) is 0 Å². The Labute approximate surface area is 166 Å². The standard InChI is InChI=1S/3Al.8N.3Ta/q3*+3;8*-3;3*+5. The maximum atomic E-state index is 0. The molecule has 0 aliphatic carbocycles. The Hall–Kier alpha value is 3.50. The molecule has 0 aliphatic heterocycles. The third kappa shape index (κ3) is 266. The largest absolute Gasteiger partial charge is 5.00 e. The summed E-state index contributed by atoms with van der Waals surface area (Å²) in [6, 6.07) is 0. The minimum atomic E-state index is 0. The van der Waals surface area contributed by atoms with E-state index in [1.165, 1.54) is 0 Å². The zero-order valence-electron chi connectivity index (χ0n) is 6.65. The Morgan fingerprint density at radius 3 is 0.214 bits per heavy atom. The first kappa shape index (κ1) is 389. The first-order valence-electron chi connectivity index (χ1n) is 0. The number of hydrogen-bond donors (Lipinski definition) is 0. The van der Waals surface area contributed by atoms with E-state index in [0.29, 0.717) is 0 Å².